The van der Waals surface area contributed by atoms with E-state index in [1.54, 1.807) is 17.4 Å². The van der Waals surface area contributed by atoms with E-state index in [0.29, 0.717) is 11.3 Å². The van der Waals surface area contributed by atoms with Crippen LogP contribution in [-0.2, 0) is 0 Å². The largest absolute Gasteiger partial charge is 0.323 e. The third-order valence-corrected chi connectivity index (χ3v) is 4.18. The van der Waals surface area contributed by atoms with Crippen LogP contribution in [0.4, 0.5) is 11.4 Å². The minimum absolute atomic E-state index is 0.179. The summed E-state index contributed by atoms with van der Waals surface area (Å²) in [5.74, 6) is 5.28. The van der Waals surface area contributed by atoms with E-state index >= 15 is 0 Å². The second-order valence-electron chi connectivity index (χ2n) is 4.82. The number of carbonyl (C=O) groups excluding carboxylic acids is 1. The number of nitrogens with two attached hydrogens (primary N) is 1. The average molecular weight is 297 g/mol. The van der Waals surface area contributed by atoms with E-state index in [2.05, 4.69) is 10.7 Å². The van der Waals surface area contributed by atoms with Gasteiger partial charge in [0.05, 0.1) is 11.3 Å². The Hall–Kier alpha value is -2.37. The summed E-state index contributed by atoms with van der Waals surface area (Å²) in [6, 6.07) is 13.4. The minimum atomic E-state index is -0.179. The van der Waals surface area contributed by atoms with E-state index in [1.165, 1.54) is 4.70 Å². The second-order valence-corrected chi connectivity index (χ2v) is 5.77. The third-order valence-electron chi connectivity index (χ3n) is 3.29. The van der Waals surface area contributed by atoms with Crippen LogP contribution in [0.1, 0.15) is 15.9 Å². The Morgan fingerprint density at radius 1 is 1.14 bits per heavy atom. The first-order valence-corrected chi connectivity index (χ1v) is 7.41. The van der Waals surface area contributed by atoms with Crippen LogP contribution in [0.5, 0.6) is 0 Å². The first kappa shape index (κ1) is 13.6. The molecule has 0 saturated heterocycles. The molecule has 3 rings (SSSR count). The Balaban J connectivity index is 1.90. The Kier molecular flexibility index (Phi) is 3.60. The molecule has 2 aromatic carbocycles. The van der Waals surface area contributed by atoms with Crippen LogP contribution < -0.4 is 16.6 Å². The van der Waals surface area contributed by atoms with Gasteiger partial charge in [0.2, 0.25) is 0 Å². The van der Waals surface area contributed by atoms with Gasteiger partial charge in [0, 0.05) is 10.4 Å². The zero-order valence-electron chi connectivity index (χ0n) is 11.5. The van der Waals surface area contributed by atoms with Crippen molar-refractivity contribution in [3.8, 4) is 0 Å². The number of fused-ring (bicyclic) bond motifs is 1. The fourth-order valence-corrected chi connectivity index (χ4v) is 2.99. The van der Waals surface area contributed by atoms with Crippen molar-refractivity contribution < 1.29 is 4.79 Å². The van der Waals surface area contributed by atoms with Crippen molar-refractivity contribution in [2.75, 3.05) is 10.7 Å². The van der Waals surface area contributed by atoms with Gasteiger partial charge in [-0.1, -0.05) is 11.6 Å². The van der Waals surface area contributed by atoms with Gasteiger partial charge in [-0.05, 0) is 54.1 Å². The first-order valence-electron chi connectivity index (χ1n) is 6.53. The van der Waals surface area contributed by atoms with E-state index in [-0.39, 0.29) is 5.91 Å². The van der Waals surface area contributed by atoms with E-state index in [1.807, 2.05) is 48.7 Å². The molecule has 0 unspecified atom stereocenters. The van der Waals surface area contributed by atoms with Crippen LogP contribution in [0.25, 0.3) is 10.1 Å². The van der Waals surface area contributed by atoms with E-state index < -0.39 is 0 Å². The van der Waals surface area contributed by atoms with E-state index in [9.17, 15) is 4.79 Å². The van der Waals surface area contributed by atoms with Crippen LogP contribution in [0.2, 0.25) is 0 Å². The number of nitrogens with one attached hydrogen (secondary N) is 2. The number of hydrogen-bond acceptors (Lipinski definition) is 4. The molecule has 5 heteroatoms. The fourth-order valence-electron chi connectivity index (χ4n) is 2.21. The van der Waals surface area contributed by atoms with Crippen LogP contribution in [0, 0.1) is 6.92 Å². The van der Waals surface area contributed by atoms with Crippen LogP contribution in [0.15, 0.2) is 47.8 Å². The summed E-state index contributed by atoms with van der Waals surface area (Å²) in [5.41, 5.74) is 5.47. The predicted molar refractivity (Wildman–Crippen MR) is 88.8 cm³/mol. The maximum absolute atomic E-state index is 12.4. The number of aryl methyl sites for hydroxylation is 1. The summed E-state index contributed by atoms with van der Waals surface area (Å²) in [7, 11) is 0. The molecule has 4 N–H and O–H groups in total. The Bertz CT molecular complexity index is 810. The maximum Gasteiger partial charge on any atom is 0.257 e. The molecule has 106 valence electrons. The molecule has 0 atom stereocenters. The number of rotatable bonds is 3. The van der Waals surface area contributed by atoms with Gasteiger partial charge in [0.1, 0.15) is 0 Å². The number of thiophene rings is 1. The van der Waals surface area contributed by atoms with Gasteiger partial charge in [0.25, 0.3) is 5.91 Å². The lowest BCUT2D eigenvalue weighted by Gasteiger charge is -2.10. The van der Waals surface area contributed by atoms with Crippen molar-refractivity contribution in [2.45, 2.75) is 6.92 Å². The second kappa shape index (κ2) is 5.55. The maximum atomic E-state index is 12.4. The van der Waals surface area contributed by atoms with Gasteiger partial charge in [-0.15, -0.1) is 11.3 Å². The molecule has 3 aromatic rings. The zero-order valence-corrected chi connectivity index (χ0v) is 12.3. The quantitative estimate of drug-likeness (QED) is 0.509. The number of anilines is 2. The highest BCUT2D eigenvalue weighted by atomic mass is 32.1. The summed E-state index contributed by atoms with van der Waals surface area (Å²) >= 11 is 1.68. The third kappa shape index (κ3) is 2.74. The number of carbonyl (C=O) groups is 1. The number of hydrogen-bond donors (Lipinski definition) is 3. The molecule has 0 saturated carbocycles. The predicted octanol–water partition coefficient (Wildman–Crippen LogP) is 3.75. The molecular formula is C16H15N3OS. The topological polar surface area (TPSA) is 67.1 Å². The highest BCUT2D eigenvalue weighted by Gasteiger charge is 2.11. The normalized spacial score (nSPS) is 10.6. The van der Waals surface area contributed by atoms with Crippen molar-refractivity contribution in [3.05, 3.63) is 59.0 Å². The Morgan fingerprint density at radius 2 is 2.00 bits per heavy atom. The van der Waals surface area contributed by atoms with Crippen LogP contribution in [0.3, 0.4) is 0 Å². The molecule has 0 radical (unpaired) electrons. The van der Waals surface area contributed by atoms with Crippen molar-refractivity contribution in [2.24, 2.45) is 5.84 Å². The molecule has 1 heterocycles. The molecule has 0 aliphatic carbocycles. The minimum Gasteiger partial charge on any atom is -0.323 e. The van der Waals surface area contributed by atoms with Gasteiger partial charge in [-0.3, -0.25) is 10.6 Å². The molecular weight excluding hydrogens is 282 g/mol. The van der Waals surface area contributed by atoms with Crippen molar-refractivity contribution in [1.29, 1.82) is 0 Å². The van der Waals surface area contributed by atoms with Gasteiger partial charge in [0.15, 0.2) is 0 Å². The number of hydrazine groups is 1. The number of nitrogen functional groups attached to an aromatic ring is 1. The summed E-state index contributed by atoms with van der Waals surface area (Å²) < 4.78 is 1.20. The molecule has 4 nitrogen and oxygen atoms in total. The highest BCUT2D eigenvalue weighted by molar-refractivity contribution is 7.17. The van der Waals surface area contributed by atoms with Gasteiger partial charge >= 0.3 is 0 Å². The average Bonchev–Trinajstić information content (AvgIpc) is 2.94. The molecule has 0 aliphatic heterocycles. The summed E-state index contributed by atoms with van der Waals surface area (Å²) in [4.78, 5) is 12.4. The number of benzene rings is 2. The molecule has 0 bridgehead atoms. The SMILES string of the molecule is Cc1ccc(NN)c(C(=O)Nc2ccc3sccc3c2)c1. The zero-order chi connectivity index (χ0) is 14.8. The molecule has 0 fully saturated rings. The Morgan fingerprint density at radius 3 is 2.81 bits per heavy atom. The summed E-state index contributed by atoms with van der Waals surface area (Å²) in [5, 5.41) is 6.07. The van der Waals surface area contributed by atoms with Gasteiger partial charge < -0.3 is 10.7 Å². The highest BCUT2D eigenvalue weighted by Crippen LogP contribution is 2.25. The summed E-state index contributed by atoms with van der Waals surface area (Å²) in [6.07, 6.45) is 0. The van der Waals surface area contributed by atoms with Gasteiger partial charge in [-0.2, -0.15) is 0 Å². The molecule has 1 amide bonds. The molecule has 1 aromatic heterocycles. The van der Waals surface area contributed by atoms with Crippen molar-refractivity contribution in [1.82, 2.24) is 0 Å². The lowest BCUT2D eigenvalue weighted by molar-refractivity contribution is 0.102. The summed E-state index contributed by atoms with van der Waals surface area (Å²) in [6.45, 7) is 1.94. The smallest absolute Gasteiger partial charge is 0.257 e. The van der Waals surface area contributed by atoms with Crippen LogP contribution >= 0.6 is 11.3 Å². The van der Waals surface area contributed by atoms with Crippen molar-refractivity contribution in [3.63, 3.8) is 0 Å². The van der Waals surface area contributed by atoms with Crippen LogP contribution in [-0.4, -0.2) is 5.91 Å². The van der Waals surface area contributed by atoms with E-state index in [4.69, 9.17) is 5.84 Å². The molecule has 0 aliphatic rings. The first-order chi connectivity index (χ1) is 10.2. The molecule has 0 spiro atoms. The van der Waals surface area contributed by atoms with E-state index in [0.717, 1.165) is 16.6 Å². The molecule has 21 heavy (non-hydrogen) atoms. The standard InChI is InChI=1S/C16H15N3OS/c1-10-2-4-14(19-17)13(8-10)16(20)18-12-3-5-15-11(9-12)6-7-21-15/h2-9,19H,17H2,1H3,(H,18,20). The Labute approximate surface area is 126 Å². The lowest BCUT2D eigenvalue weighted by Crippen LogP contribution is -2.17. The number of amides is 1. The monoisotopic (exact) mass is 297 g/mol. The van der Waals surface area contributed by atoms with Gasteiger partial charge in [-0.25, -0.2) is 0 Å². The van der Waals surface area contributed by atoms with Crippen molar-refractivity contribution >= 4 is 38.7 Å². The fraction of sp³-hybridized carbons (Fsp3) is 0.0625. The lowest BCUT2D eigenvalue weighted by atomic mass is 10.1.